The quantitative estimate of drug-likeness (QED) is 0.349. The molecule has 1 heterocycles. The van der Waals surface area contributed by atoms with Crippen LogP contribution in [0.5, 0.6) is 5.75 Å². The first-order valence-corrected chi connectivity index (χ1v) is 9.01. The van der Waals surface area contributed by atoms with Crippen molar-refractivity contribution >= 4 is 12.0 Å². The van der Waals surface area contributed by atoms with E-state index in [1.807, 2.05) is 6.07 Å². The van der Waals surface area contributed by atoms with E-state index in [4.69, 9.17) is 9.47 Å². The second-order valence-electron chi connectivity index (χ2n) is 6.02. The lowest BCUT2D eigenvalue weighted by Gasteiger charge is -2.22. The molecule has 0 amide bonds. The Bertz CT molecular complexity index is 663. The molecule has 0 aliphatic carbocycles. The van der Waals surface area contributed by atoms with Gasteiger partial charge in [0.2, 0.25) is 0 Å². The monoisotopic (exact) mass is 358 g/mol. The van der Waals surface area contributed by atoms with Gasteiger partial charge in [-0.15, -0.1) is 0 Å². The summed E-state index contributed by atoms with van der Waals surface area (Å²) in [7, 11) is 1.31. The summed E-state index contributed by atoms with van der Waals surface area (Å²) in [6.45, 7) is 1.48. The third kappa shape index (κ3) is 6.91. The zero-order valence-electron chi connectivity index (χ0n) is 15.2. The van der Waals surface area contributed by atoms with Gasteiger partial charge in [-0.05, 0) is 50.3 Å². The van der Waals surface area contributed by atoms with Gasteiger partial charge in [-0.1, -0.05) is 17.9 Å². The number of methoxy groups -OCH3 is 1. The van der Waals surface area contributed by atoms with Gasteiger partial charge in [0.25, 0.3) is 0 Å². The van der Waals surface area contributed by atoms with Crippen molar-refractivity contribution in [1.82, 2.24) is 0 Å². The molecule has 1 aliphatic rings. The maximum atomic E-state index is 11.2. The number of ether oxygens (including phenoxy) is 3. The van der Waals surface area contributed by atoms with Crippen LogP contribution in [-0.2, 0) is 19.0 Å². The highest BCUT2D eigenvalue weighted by Crippen LogP contribution is 2.22. The zero-order chi connectivity index (χ0) is 18.6. The van der Waals surface area contributed by atoms with Gasteiger partial charge >= 0.3 is 5.97 Å². The van der Waals surface area contributed by atoms with Crippen LogP contribution in [0.25, 0.3) is 6.08 Å². The van der Waals surface area contributed by atoms with Crippen molar-refractivity contribution in [2.45, 2.75) is 44.8 Å². The van der Waals surface area contributed by atoms with Gasteiger partial charge in [0.1, 0.15) is 5.75 Å². The first-order chi connectivity index (χ1) is 12.7. The molecule has 0 bridgehead atoms. The highest BCUT2D eigenvalue weighted by Gasteiger charge is 2.13. The molecule has 0 spiro atoms. The lowest BCUT2D eigenvalue weighted by Crippen LogP contribution is -2.22. The van der Waals surface area contributed by atoms with Crippen molar-refractivity contribution in [3.05, 3.63) is 35.4 Å². The molecule has 2 rings (SSSR count). The van der Waals surface area contributed by atoms with Gasteiger partial charge in [0.15, 0.2) is 6.29 Å². The van der Waals surface area contributed by atoms with Crippen molar-refractivity contribution in [1.29, 1.82) is 0 Å². The van der Waals surface area contributed by atoms with E-state index in [1.54, 1.807) is 12.1 Å². The van der Waals surface area contributed by atoms with E-state index in [1.165, 1.54) is 25.7 Å². The predicted octanol–water partition coefficient (Wildman–Crippen LogP) is 3.64. The zero-order valence-corrected chi connectivity index (χ0v) is 15.2. The summed E-state index contributed by atoms with van der Waals surface area (Å²) >= 11 is 0. The minimum atomic E-state index is -0.478. The maximum Gasteiger partial charge on any atom is 0.330 e. The van der Waals surface area contributed by atoms with Crippen LogP contribution in [0, 0.1) is 11.8 Å². The van der Waals surface area contributed by atoms with Crippen LogP contribution >= 0.6 is 0 Å². The number of esters is 1. The van der Waals surface area contributed by atoms with Crippen LogP contribution < -0.4 is 0 Å². The molecule has 1 N–H and O–H groups in total. The van der Waals surface area contributed by atoms with Crippen molar-refractivity contribution in [3.63, 3.8) is 0 Å². The third-order valence-corrected chi connectivity index (χ3v) is 4.03. The van der Waals surface area contributed by atoms with Crippen LogP contribution in [0.15, 0.2) is 24.3 Å². The fraction of sp³-hybridized carbons (Fsp3) is 0.476. The molecule has 1 aromatic carbocycles. The van der Waals surface area contributed by atoms with Crippen LogP contribution in [0.3, 0.4) is 0 Å². The van der Waals surface area contributed by atoms with E-state index in [2.05, 4.69) is 16.6 Å². The Labute approximate surface area is 155 Å². The molecule has 1 atom stereocenters. The molecule has 1 aliphatic heterocycles. The smallest absolute Gasteiger partial charge is 0.330 e. The number of carbonyl (C=O) groups is 1. The third-order valence-electron chi connectivity index (χ3n) is 4.03. The van der Waals surface area contributed by atoms with E-state index < -0.39 is 5.97 Å². The molecule has 1 saturated heterocycles. The molecule has 1 unspecified atom stereocenters. The van der Waals surface area contributed by atoms with Gasteiger partial charge in [-0.2, -0.15) is 0 Å². The summed E-state index contributed by atoms with van der Waals surface area (Å²) in [5.41, 5.74) is 1.19. The Morgan fingerprint density at radius 1 is 1.38 bits per heavy atom. The molecular formula is C21H26O5. The van der Waals surface area contributed by atoms with E-state index in [-0.39, 0.29) is 12.0 Å². The first-order valence-electron chi connectivity index (χ1n) is 9.01. The Balaban J connectivity index is 1.79. The first kappa shape index (κ1) is 20.0. The van der Waals surface area contributed by atoms with Gasteiger partial charge in [-0.3, -0.25) is 0 Å². The average Bonchev–Trinajstić information content (AvgIpc) is 2.67. The Kier molecular flexibility index (Phi) is 8.74. The number of rotatable bonds is 7. The molecule has 26 heavy (non-hydrogen) atoms. The van der Waals surface area contributed by atoms with Crippen LogP contribution in [0.1, 0.15) is 49.7 Å². The van der Waals surface area contributed by atoms with E-state index in [0.717, 1.165) is 38.7 Å². The van der Waals surface area contributed by atoms with Crippen molar-refractivity contribution in [2.24, 2.45) is 0 Å². The summed E-state index contributed by atoms with van der Waals surface area (Å²) in [6.07, 6.45) is 8.65. The largest absolute Gasteiger partial charge is 0.507 e. The fourth-order valence-electron chi connectivity index (χ4n) is 2.59. The van der Waals surface area contributed by atoms with Crippen molar-refractivity contribution < 1.29 is 24.1 Å². The minimum Gasteiger partial charge on any atom is -0.507 e. The SMILES string of the molecule is COC(=O)C=Cc1c(O)cccc1C#CCCCCOC1CCCCO1. The Hall–Kier alpha value is -2.29. The highest BCUT2D eigenvalue weighted by molar-refractivity contribution is 5.88. The fourth-order valence-corrected chi connectivity index (χ4v) is 2.59. The molecule has 0 saturated carbocycles. The number of phenols is 1. The number of hydrogen-bond donors (Lipinski definition) is 1. The van der Waals surface area contributed by atoms with Gasteiger partial charge in [0.05, 0.1) is 7.11 Å². The lowest BCUT2D eigenvalue weighted by molar-refractivity contribution is -0.162. The number of unbranched alkanes of at least 4 members (excludes halogenated alkanes) is 2. The summed E-state index contributed by atoms with van der Waals surface area (Å²) in [5.74, 6) is 5.77. The number of hydrogen-bond acceptors (Lipinski definition) is 5. The van der Waals surface area contributed by atoms with Gasteiger partial charge < -0.3 is 19.3 Å². The average molecular weight is 358 g/mol. The normalized spacial score (nSPS) is 16.9. The van der Waals surface area contributed by atoms with E-state index >= 15 is 0 Å². The minimum absolute atomic E-state index is 0.0358. The molecular weight excluding hydrogens is 332 g/mol. The van der Waals surface area contributed by atoms with Crippen LogP contribution in [0.2, 0.25) is 0 Å². The maximum absolute atomic E-state index is 11.2. The number of carbonyl (C=O) groups excluding carboxylic acids is 1. The molecule has 5 nitrogen and oxygen atoms in total. The number of benzene rings is 1. The molecule has 1 fully saturated rings. The van der Waals surface area contributed by atoms with Crippen molar-refractivity contribution in [3.8, 4) is 17.6 Å². The molecule has 140 valence electrons. The summed E-state index contributed by atoms with van der Waals surface area (Å²) in [6, 6.07) is 5.10. The topological polar surface area (TPSA) is 65.0 Å². The van der Waals surface area contributed by atoms with Crippen molar-refractivity contribution in [2.75, 3.05) is 20.3 Å². The molecule has 0 aromatic heterocycles. The lowest BCUT2D eigenvalue weighted by atomic mass is 10.1. The summed E-state index contributed by atoms with van der Waals surface area (Å²) < 4.78 is 15.8. The van der Waals surface area contributed by atoms with Gasteiger partial charge in [-0.25, -0.2) is 4.79 Å². The number of phenolic OH excluding ortho intramolecular Hbond substituents is 1. The standard InChI is InChI=1S/C21H26O5/c1-24-20(23)14-13-18-17(10-8-11-19(18)22)9-4-2-3-6-15-25-21-12-5-7-16-26-21/h8,10-11,13-14,21-22H,2-3,5-7,12,15-16H2,1H3. The Morgan fingerprint density at radius 2 is 2.27 bits per heavy atom. The molecule has 5 heteroatoms. The second kappa shape index (κ2) is 11.3. The predicted molar refractivity (Wildman–Crippen MR) is 99.4 cm³/mol. The Morgan fingerprint density at radius 3 is 3.04 bits per heavy atom. The molecule has 0 radical (unpaired) electrons. The second-order valence-corrected chi connectivity index (χ2v) is 6.02. The summed E-state index contributed by atoms with van der Waals surface area (Å²) in [4.78, 5) is 11.2. The van der Waals surface area contributed by atoms with E-state index in [9.17, 15) is 9.90 Å². The highest BCUT2D eigenvalue weighted by atomic mass is 16.7. The number of aromatic hydroxyl groups is 1. The van der Waals surface area contributed by atoms with Gasteiger partial charge in [0, 0.05) is 36.8 Å². The molecule has 1 aromatic rings. The van der Waals surface area contributed by atoms with Crippen LogP contribution in [0.4, 0.5) is 0 Å². The van der Waals surface area contributed by atoms with Crippen LogP contribution in [-0.4, -0.2) is 37.7 Å². The summed E-state index contributed by atoms with van der Waals surface area (Å²) in [5, 5.41) is 9.97. The van der Waals surface area contributed by atoms with E-state index in [0.29, 0.717) is 17.7 Å².